The highest BCUT2D eigenvalue weighted by Gasteiger charge is 2.30. The molecule has 2 heterocycles. The summed E-state index contributed by atoms with van der Waals surface area (Å²) in [7, 11) is 3.11. The molecule has 10 heteroatoms. The molecular formula is C25H28N6O3S. The number of anilines is 3. The average molecular weight is 493 g/mol. The van der Waals surface area contributed by atoms with Gasteiger partial charge in [0.25, 0.3) is 5.91 Å². The van der Waals surface area contributed by atoms with Gasteiger partial charge in [0.05, 0.1) is 23.5 Å². The summed E-state index contributed by atoms with van der Waals surface area (Å²) >= 11 is 1.70. The van der Waals surface area contributed by atoms with Crippen LogP contribution in [0.25, 0.3) is 11.1 Å². The Morgan fingerprint density at radius 2 is 1.91 bits per heavy atom. The first-order valence-electron chi connectivity index (χ1n) is 11.4. The Labute approximate surface area is 208 Å². The lowest BCUT2D eigenvalue weighted by Gasteiger charge is -2.17. The zero-order valence-electron chi connectivity index (χ0n) is 20.1. The van der Waals surface area contributed by atoms with E-state index in [0.717, 1.165) is 29.0 Å². The number of pyridine rings is 1. The number of benzene rings is 1. The molecule has 9 nitrogen and oxygen atoms in total. The minimum Gasteiger partial charge on any atom is -0.494 e. The van der Waals surface area contributed by atoms with E-state index in [9.17, 15) is 9.59 Å². The maximum Gasteiger partial charge on any atom is 0.273 e. The number of nitrogens with zero attached hydrogens (tertiary/aromatic N) is 3. The third-order valence-corrected chi connectivity index (χ3v) is 6.28. The molecule has 0 radical (unpaired) electrons. The predicted octanol–water partition coefficient (Wildman–Crippen LogP) is 4.50. The highest BCUT2D eigenvalue weighted by Crippen LogP contribution is 2.39. The van der Waals surface area contributed by atoms with Gasteiger partial charge in [-0.05, 0) is 25.0 Å². The van der Waals surface area contributed by atoms with Crippen LogP contribution in [0.2, 0.25) is 0 Å². The highest BCUT2D eigenvalue weighted by molar-refractivity contribution is 7.99. The van der Waals surface area contributed by atoms with Crippen molar-refractivity contribution in [3.05, 3.63) is 48.3 Å². The van der Waals surface area contributed by atoms with Gasteiger partial charge in [-0.15, -0.1) is 22.0 Å². The van der Waals surface area contributed by atoms with Gasteiger partial charge in [0.1, 0.15) is 5.75 Å². The normalized spacial score (nSPS) is 12.8. The van der Waals surface area contributed by atoms with Gasteiger partial charge in [0.2, 0.25) is 5.91 Å². The molecule has 0 aliphatic heterocycles. The lowest BCUT2D eigenvalue weighted by Crippen LogP contribution is -2.22. The maximum atomic E-state index is 12.4. The number of amides is 2. The third-order valence-electron chi connectivity index (χ3n) is 5.33. The van der Waals surface area contributed by atoms with E-state index in [4.69, 9.17) is 4.74 Å². The first-order chi connectivity index (χ1) is 16.9. The molecule has 0 saturated heterocycles. The molecule has 35 heavy (non-hydrogen) atoms. The Morgan fingerprint density at radius 3 is 2.54 bits per heavy atom. The first kappa shape index (κ1) is 24.5. The zero-order valence-corrected chi connectivity index (χ0v) is 20.9. The molecule has 0 unspecified atom stereocenters. The molecule has 1 aliphatic carbocycles. The van der Waals surface area contributed by atoms with E-state index in [-0.39, 0.29) is 23.3 Å². The fourth-order valence-electron chi connectivity index (χ4n) is 3.49. The summed E-state index contributed by atoms with van der Waals surface area (Å²) in [6.07, 6.45) is 3.56. The molecule has 1 fully saturated rings. The predicted molar refractivity (Wildman–Crippen MR) is 137 cm³/mol. The Bertz CT molecular complexity index is 1230. The maximum absolute atomic E-state index is 12.4. The minimum absolute atomic E-state index is 0.0162. The molecule has 3 N–H and O–H groups in total. The summed E-state index contributed by atoms with van der Waals surface area (Å²) in [5.74, 6) is 0.376. The summed E-state index contributed by atoms with van der Waals surface area (Å²) in [5, 5.41) is 18.1. The van der Waals surface area contributed by atoms with Crippen LogP contribution in [0.4, 0.5) is 17.2 Å². The zero-order chi connectivity index (χ0) is 24.9. The largest absolute Gasteiger partial charge is 0.494 e. The van der Waals surface area contributed by atoms with Crippen molar-refractivity contribution < 1.29 is 14.3 Å². The quantitative estimate of drug-likeness (QED) is 0.374. The molecule has 2 amide bonds. The molecule has 0 atom stereocenters. The lowest BCUT2D eigenvalue weighted by molar-refractivity contribution is -0.117. The van der Waals surface area contributed by atoms with Crippen LogP contribution < -0.4 is 20.7 Å². The van der Waals surface area contributed by atoms with Crippen molar-refractivity contribution in [2.75, 3.05) is 24.8 Å². The smallest absolute Gasteiger partial charge is 0.273 e. The van der Waals surface area contributed by atoms with E-state index < -0.39 is 5.91 Å². The van der Waals surface area contributed by atoms with Crippen LogP contribution in [-0.4, -0.2) is 46.4 Å². The van der Waals surface area contributed by atoms with Crippen LogP contribution in [0.15, 0.2) is 47.6 Å². The Balaban J connectivity index is 1.67. The molecule has 4 rings (SSSR count). The summed E-state index contributed by atoms with van der Waals surface area (Å²) in [6.45, 7) is 4.25. The van der Waals surface area contributed by atoms with Gasteiger partial charge in [-0.1, -0.05) is 32.0 Å². The van der Waals surface area contributed by atoms with E-state index >= 15 is 0 Å². The molecule has 0 bridgehead atoms. The number of hydrogen-bond donors (Lipinski definition) is 3. The number of thioether (sulfide) groups is 1. The standard InChI is InChI=1S/C25H28N6O3S/c1-14(2)35-21-11-10-16(13-27-21)17-6-5-7-18(23(17)34-4)28-19-12-20(29-24(32)15-8-9-15)30-31-22(19)25(33)26-3/h5-7,10-15H,8-9H2,1-4H3,(H,26,33)(H2,28,29,30,32). The summed E-state index contributed by atoms with van der Waals surface area (Å²) in [6, 6.07) is 11.3. The molecular weight excluding hydrogens is 464 g/mol. The summed E-state index contributed by atoms with van der Waals surface area (Å²) in [4.78, 5) is 29.2. The fourth-order valence-corrected chi connectivity index (χ4v) is 4.23. The van der Waals surface area contributed by atoms with Crippen molar-refractivity contribution in [2.24, 2.45) is 5.92 Å². The number of rotatable bonds is 9. The molecule has 1 saturated carbocycles. The Kier molecular flexibility index (Phi) is 7.50. The number of ether oxygens (including phenoxy) is 1. The number of nitrogens with one attached hydrogen (secondary N) is 3. The van der Waals surface area contributed by atoms with Gasteiger partial charge in [0.15, 0.2) is 11.5 Å². The van der Waals surface area contributed by atoms with E-state index in [1.54, 1.807) is 24.9 Å². The van der Waals surface area contributed by atoms with Crippen LogP contribution >= 0.6 is 11.8 Å². The van der Waals surface area contributed by atoms with Gasteiger partial charge >= 0.3 is 0 Å². The number of aromatic nitrogens is 3. The minimum atomic E-state index is -0.405. The van der Waals surface area contributed by atoms with Crippen molar-refractivity contribution in [1.82, 2.24) is 20.5 Å². The van der Waals surface area contributed by atoms with Crippen molar-refractivity contribution >= 4 is 40.8 Å². The van der Waals surface area contributed by atoms with E-state index in [1.807, 2.05) is 36.5 Å². The third kappa shape index (κ3) is 5.89. The van der Waals surface area contributed by atoms with Gasteiger partial charge < -0.3 is 20.7 Å². The second-order valence-corrected chi connectivity index (χ2v) is 9.99. The molecule has 1 aromatic carbocycles. The van der Waals surface area contributed by atoms with E-state index in [2.05, 4.69) is 45.0 Å². The Hall–Kier alpha value is -3.66. The van der Waals surface area contributed by atoms with Crippen molar-refractivity contribution in [3.63, 3.8) is 0 Å². The number of methoxy groups -OCH3 is 1. The number of carbonyl (C=O) groups excluding carboxylic acids is 2. The van der Waals surface area contributed by atoms with Gasteiger partial charge in [-0.2, -0.15) is 0 Å². The Morgan fingerprint density at radius 1 is 1.11 bits per heavy atom. The first-order valence-corrected chi connectivity index (χ1v) is 12.2. The van der Waals surface area contributed by atoms with Gasteiger partial charge in [-0.3, -0.25) is 9.59 Å². The van der Waals surface area contributed by atoms with Crippen molar-refractivity contribution in [3.8, 4) is 16.9 Å². The van der Waals surface area contributed by atoms with Gasteiger partial charge in [0, 0.05) is 41.6 Å². The number of hydrogen-bond acceptors (Lipinski definition) is 8. The van der Waals surface area contributed by atoms with Crippen LogP contribution in [0.1, 0.15) is 37.2 Å². The second-order valence-electron chi connectivity index (χ2n) is 8.40. The summed E-state index contributed by atoms with van der Waals surface area (Å²) < 4.78 is 5.76. The topological polar surface area (TPSA) is 118 Å². The highest BCUT2D eigenvalue weighted by atomic mass is 32.2. The molecule has 2 aromatic heterocycles. The van der Waals surface area contributed by atoms with Crippen LogP contribution in [-0.2, 0) is 4.79 Å². The molecule has 0 spiro atoms. The monoisotopic (exact) mass is 492 g/mol. The fraction of sp³-hybridized carbons (Fsp3) is 0.320. The van der Waals surface area contributed by atoms with Crippen LogP contribution in [0.5, 0.6) is 5.75 Å². The van der Waals surface area contributed by atoms with E-state index in [0.29, 0.717) is 22.4 Å². The number of para-hydroxylation sites is 1. The lowest BCUT2D eigenvalue weighted by atomic mass is 10.1. The van der Waals surface area contributed by atoms with Crippen molar-refractivity contribution in [1.29, 1.82) is 0 Å². The van der Waals surface area contributed by atoms with Crippen molar-refractivity contribution in [2.45, 2.75) is 37.0 Å². The number of carbonyl (C=O) groups is 2. The van der Waals surface area contributed by atoms with Gasteiger partial charge in [-0.25, -0.2) is 4.98 Å². The van der Waals surface area contributed by atoms with E-state index in [1.165, 1.54) is 7.05 Å². The molecule has 3 aromatic rings. The average Bonchev–Trinajstić information content (AvgIpc) is 3.69. The second kappa shape index (κ2) is 10.7. The molecule has 1 aliphatic rings. The molecule has 182 valence electrons. The summed E-state index contributed by atoms with van der Waals surface area (Å²) in [5.41, 5.74) is 2.86. The van der Waals surface area contributed by atoms with Crippen LogP contribution in [0.3, 0.4) is 0 Å². The SMILES string of the molecule is CNC(=O)c1nnc(NC(=O)C2CC2)cc1Nc1cccc(-c2ccc(SC(C)C)nc2)c1OC. The van der Waals surface area contributed by atoms with Crippen LogP contribution in [0, 0.1) is 5.92 Å².